The minimum absolute atomic E-state index is 0.249. The summed E-state index contributed by atoms with van der Waals surface area (Å²) in [5.74, 6) is -0.432. The van der Waals surface area contributed by atoms with Gasteiger partial charge in [-0.15, -0.1) is 0 Å². The maximum atomic E-state index is 11.6. The summed E-state index contributed by atoms with van der Waals surface area (Å²) in [6, 6.07) is 18.9. The third-order valence-corrected chi connectivity index (χ3v) is 4.36. The number of ether oxygens (including phenoxy) is 1. The van der Waals surface area contributed by atoms with Crippen molar-refractivity contribution in [2.24, 2.45) is 0 Å². The SMILES string of the molecule is Cc1ccc(C[C@@H](Oc2cccc3ccccc23)C(=O)O)cc1Cl. The number of aryl methyl sites for hydroxylation is 1. The molecule has 3 rings (SSSR count). The fourth-order valence-electron chi connectivity index (χ4n) is 2.61. The molecule has 0 aromatic heterocycles. The molecule has 0 fully saturated rings. The Morgan fingerprint density at radius 3 is 2.62 bits per heavy atom. The van der Waals surface area contributed by atoms with Crippen LogP contribution in [0.25, 0.3) is 10.8 Å². The van der Waals surface area contributed by atoms with Crippen LogP contribution in [-0.2, 0) is 11.2 Å². The second-order valence-electron chi connectivity index (χ2n) is 5.71. The van der Waals surface area contributed by atoms with Crippen molar-refractivity contribution in [1.82, 2.24) is 0 Å². The predicted octanol–water partition coefficient (Wildman–Crippen LogP) is 4.88. The molecule has 0 radical (unpaired) electrons. The van der Waals surface area contributed by atoms with E-state index in [9.17, 15) is 9.90 Å². The number of fused-ring (bicyclic) bond motifs is 1. The summed E-state index contributed by atoms with van der Waals surface area (Å²) >= 11 is 6.13. The number of carboxylic acids is 1. The molecule has 0 bridgehead atoms. The molecule has 1 atom stereocenters. The first-order valence-electron chi connectivity index (χ1n) is 7.67. The first-order valence-corrected chi connectivity index (χ1v) is 8.04. The fraction of sp³-hybridized carbons (Fsp3) is 0.150. The molecular weight excluding hydrogens is 324 g/mol. The Hall–Kier alpha value is -2.52. The van der Waals surface area contributed by atoms with Crippen LogP contribution in [-0.4, -0.2) is 17.2 Å². The summed E-state index contributed by atoms with van der Waals surface area (Å²) in [5.41, 5.74) is 1.79. The first kappa shape index (κ1) is 16.3. The van der Waals surface area contributed by atoms with Gasteiger partial charge in [-0.25, -0.2) is 4.79 Å². The number of hydrogen-bond donors (Lipinski definition) is 1. The van der Waals surface area contributed by atoms with Gasteiger partial charge in [-0.2, -0.15) is 0 Å². The van der Waals surface area contributed by atoms with Gasteiger partial charge in [0.2, 0.25) is 0 Å². The highest BCUT2D eigenvalue weighted by molar-refractivity contribution is 6.31. The minimum Gasteiger partial charge on any atom is -0.478 e. The van der Waals surface area contributed by atoms with Crippen LogP contribution < -0.4 is 4.74 Å². The van der Waals surface area contributed by atoms with E-state index in [4.69, 9.17) is 16.3 Å². The molecule has 0 saturated heterocycles. The van der Waals surface area contributed by atoms with E-state index < -0.39 is 12.1 Å². The zero-order valence-corrected chi connectivity index (χ0v) is 14.0. The van der Waals surface area contributed by atoms with Gasteiger partial charge in [-0.05, 0) is 35.6 Å². The molecule has 24 heavy (non-hydrogen) atoms. The van der Waals surface area contributed by atoms with E-state index >= 15 is 0 Å². The van der Waals surface area contributed by atoms with Crippen molar-refractivity contribution in [2.75, 3.05) is 0 Å². The van der Waals surface area contributed by atoms with E-state index in [1.165, 1.54) is 0 Å². The first-order chi connectivity index (χ1) is 11.5. The summed E-state index contributed by atoms with van der Waals surface area (Å²) in [4.78, 5) is 11.6. The molecule has 3 aromatic rings. The standard InChI is InChI=1S/C20H17ClO3/c1-13-9-10-14(11-17(13)21)12-19(20(22)23)24-18-8-4-6-15-5-2-3-7-16(15)18/h2-11,19H,12H2,1H3,(H,22,23)/t19-/m1/s1. The molecule has 0 spiro atoms. The molecule has 0 aliphatic rings. The third-order valence-electron chi connectivity index (χ3n) is 3.95. The van der Waals surface area contributed by atoms with Gasteiger partial charge in [0.05, 0.1) is 0 Å². The Balaban J connectivity index is 1.88. The zero-order valence-electron chi connectivity index (χ0n) is 13.2. The molecule has 122 valence electrons. The summed E-state index contributed by atoms with van der Waals surface area (Å²) in [6.45, 7) is 1.91. The van der Waals surface area contributed by atoms with E-state index in [0.29, 0.717) is 10.8 Å². The van der Waals surface area contributed by atoms with Crippen LogP contribution in [0.1, 0.15) is 11.1 Å². The maximum absolute atomic E-state index is 11.6. The zero-order chi connectivity index (χ0) is 17.1. The van der Waals surface area contributed by atoms with Gasteiger partial charge in [0.25, 0.3) is 0 Å². The summed E-state index contributed by atoms with van der Waals surface area (Å²) < 4.78 is 5.82. The van der Waals surface area contributed by atoms with Gasteiger partial charge >= 0.3 is 5.97 Å². The van der Waals surface area contributed by atoms with Crippen LogP contribution in [0.4, 0.5) is 0 Å². The molecule has 0 aliphatic heterocycles. The predicted molar refractivity (Wildman–Crippen MR) is 95.9 cm³/mol. The van der Waals surface area contributed by atoms with Crippen molar-refractivity contribution in [2.45, 2.75) is 19.4 Å². The van der Waals surface area contributed by atoms with Crippen LogP contribution in [0.2, 0.25) is 5.02 Å². The van der Waals surface area contributed by atoms with Gasteiger partial charge < -0.3 is 9.84 Å². The number of carboxylic acid groups (broad SMARTS) is 1. The van der Waals surface area contributed by atoms with E-state index in [1.54, 1.807) is 12.1 Å². The Kier molecular flexibility index (Phi) is 4.72. The molecule has 4 heteroatoms. The van der Waals surface area contributed by atoms with Crippen molar-refractivity contribution in [3.63, 3.8) is 0 Å². The van der Waals surface area contributed by atoms with Crippen molar-refractivity contribution in [3.8, 4) is 5.75 Å². The lowest BCUT2D eigenvalue weighted by Crippen LogP contribution is -2.29. The van der Waals surface area contributed by atoms with Crippen LogP contribution in [0, 0.1) is 6.92 Å². The number of rotatable bonds is 5. The van der Waals surface area contributed by atoms with Crippen molar-refractivity contribution < 1.29 is 14.6 Å². The Bertz CT molecular complexity index is 884. The quantitative estimate of drug-likeness (QED) is 0.720. The lowest BCUT2D eigenvalue weighted by molar-refractivity contribution is -0.144. The number of carbonyl (C=O) groups is 1. The number of halogens is 1. The lowest BCUT2D eigenvalue weighted by Gasteiger charge is -2.17. The molecule has 0 heterocycles. The highest BCUT2D eigenvalue weighted by Gasteiger charge is 2.21. The molecule has 0 unspecified atom stereocenters. The van der Waals surface area contributed by atoms with E-state index in [-0.39, 0.29) is 6.42 Å². The maximum Gasteiger partial charge on any atom is 0.345 e. The Morgan fingerprint density at radius 2 is 1.88 bits per heavy atom. The molecule has 3 nitrogen and oxygen atoms in total. The van der Waals surface area contributed by atoms with E-state index in [0.717, 1.165) is 21.9 Å². The number of hydrogen-bond acceptors (Lipinski definition) is 2. The summed E-state index contributed by atoms with van der Waals surface area (Å²) in [7, 11) is 0. The normalized spacial score (nSPS) is 12.1. The van der Waals surface area contributed by atoms with Gasteiger partial charge in [0, 0.05) is 16.8 Å². The van der Waals surface area contributed by atoms with E-state index in [1.807, 2.05) is 55.5 Å². The highest BCUT2D eigenvalue weighted by Crippen LogP contribution is 2.27. The molecule has 0 saturated carbocycles. The fourth-order valence-corrected chi connectivity index (χ4v) is 2.81. The molecule has 0 amide bonds. The van der Waals surface area contributed by atoms with Crippen molar-refractivity contribution in [1.29, 1.82) is 0 Å². The number of benzene rings is 3. The third kappa shape index (κ3) is 3.52. The number of aliphatic carboxylic acids is 1. The van der Waals surface area contributed by atoms with Crippen molar-refractivity contribution >= 4 is 28.3 Å². The van der Waals surface area contributed by atoms with Crippen molar-refractivity contribution in [3.05, 3.63) is 76.8 Å². The van der Waals surface area contributed by atoms with Gasteiger partial charge in [0.1, 0.15) is 5.75 Å². The molecular formula is C20H17ClO3. The van der Waals surface area contributed by atoms with Gasteiger partial charge in [0.15, 0.2) is 6.10 Å². The van der Waals surface area contributed by atoms with Crippen LogP contribution in [0.3, 0.4) is 0 Å². The van der Waals surface area contributed by atoms with Crippen LogP contribution >= 0.6 is 11.6 Å². The van der Waals surface area contributed by atoms with E-state index in [2.05, 4.69) is 0 Å². The Labute approximate surface area is 145 Å². The largest absolute Gasteiger partial charge is 0.478 e. The van der Waals surface area contributed by atoms with Gasteiger partial charge in [-0.1, -0.05) is 60.1 Å². The molecule has 0 aliphatic carbocycles. The highest BCUT2D eigenvalue weighted by atomic mass is 35.5. The summed E-state index contributed by atoms with van der Waals surface area (Å²) in [6.07, 6.45) is -0.729. The topological polar surface area (TPSA) is 46.5 Å². The molecule has 1 N–H and O–H groups in total. The summed E-state index contributed by atoms with van der Waals surface area (Å²) in [5, 5.41) is 12.1. The Morgan fingerprint density at radius 1 is 1.12 bits per heavy atom. The second-order valence-corrected chi connectivity index (χ2v) is 6.12. The molecule has 3 aromatic carbocycles. The average molecular weight is 341 g/mol. The smallest absolute Gasteiger partial charge is 0.345 e. The lowest BCUT2D eigenvalue weighted by atomic mass is 10.1. The monoisotopic (exact) mass is 340 g/mol. The van der Waals surface area contributed by atoms with Gasteiger partial charge in [-0.3, -0.25) is 0 Å². The second kappa shape index (κ2) is 6.93. The minimum atomic E-state index is -1.00. The van der Waals surface area contributed by atoms with Crippen LogP contribution in [0.15, 0.2) is 60.7 Å². The van der Waals surface area contributed by atoms with Crippen LogP contribution in [0.5, 0.6) is 5.75 Å². The average Bonchev–Trinajstić information content (AvgIpc) is 2.57.